The zero-order valence-corrected chi connectivity index (χ0v) is 25.5. The minimum Gasteiger partial charge on any atom is -0.497 e. The number of methoxy groups -OCH3 is 1. The molecule has 0 heterocycles. The van der Waals surface area contributed by atoms with Gasteiger partial charge >= 0.3 is 0 Å². The van der Waals surface area contributed by atoms with Gasteiger partial charge in [0.25, 0.3) is 10.0 Å². The van der Waals surface area contributed by atoms with Crippen LogP contribution in [0.4, 0.5) is 5.69 Å². The fraction of sp³-hybridized carbons (Fsp3) is 0.394. The van der Waals surface area contributed by atoms with E-state index in [1.165, 1.54) is 19.2 Å². The Bertz CT molecular complexity index is 1420. The van der Waals surface area contributed by atoms with E-state index in [1.54, 1.807) is 29.2 Å². The Balaban J connectivity index is 1.67. The van der Waals surface area contributed by atoms with Crippen LogP contribution in [0.15, 0.2) is 83.8 Å². The second-order valence-electron chi connectivity index (χ2n) is 10.8. The molecule has 0 spiro atoms. The van der Waals surface area contributed by atoms with Crippen LogP contribution in [0.3, 0.4) is 0 Å². The lowest BCUT2D eigenvalue weighted by Crippen LogP contribution is -2.54. The standard InChI is InChI=1S/C33H41N3O5S/c1-4-31(33(38)34-27-12-8-9-13-27)35(23-22-26-10-6-5-7-11-26)32(37)24-36(28-16-14-25(2)15-17-28)42(39,40)30-20-18-29(41-3)19-21-30/h5-7,10-11,14-21,27,31H,4,8-9,12-13,22-24H2,1-3H3,(H,34,38)/t31-/m0/s1. The van der Waals surface area contributed by atoms with Crippen molar-refractivity contribution >= 4 is 27.5 Å². The summed E-state index contributed by atoms with van der Waals surface area (Å²) in [6.45, 7) is 3.63. The predicted molar refractivity (Wildman–Crippen MR) is 165 cm³/mol. The van der Waals surface area contributed by atoms with Crippen molar-refractivity contribution in [1.82, 2.24) is 10.2 Å². The van der Waals surface area contributed by atoms with Gasteiger partial charge in [-0.1, -0.05) is 67.8 Å². The van der Waals surface area contributed by atoms with Crippen molar-refractivity contribution in [3.05, 3.63) is 90.0 Å². The number of hydrogen-bond donors (Lipinski definition) is 1. The molecule has 0 radical (unpaired) electrons. The Labute approximate surface area is 249 Å². The van der Waals surface area contributed by atoms with Gasteiger partial charge in [-0.15, -0.1) is 0 Å². The normalized spacial score (nSPS) is 14.3. The molecule has 42 heavy (non-hydrogen) atoms. The van der Waals surface area contributed by atoms with Crippen molar-refractivity contribution in [2.45, 2.75) is 69.4 Å². The van der Waals surface area contributed by atoms with Crippen molar-refractivity contribution in [1.29, 1.82) is 0 Å². The molecular weight excluding hydrogens is 550 g/mol. The highest BCUT2D eigenvalue weighted by Gasteiger charge is 2.34. The summed E-state index contributed by atoms with van der Waals surface area (Å²) in [5.74, 6) is -0.0965. The van der Waals surface area contributed by atoms with Crippen LogP contribution in [-0.4, -0.2) is 57.4 Å². The first-order valence-electron chi connectivity index (χ1n) is 14.6. The number of benzene rings is 3. The molecule has 1 N–H and O–H groups in total. The van der Waals surface area contributed by atoms with Crippen LogP contribution >= 0.6 is 0 Å². The average Bonchev–Trinajstić information content (AvgIpc) is 3.52. The summed E-state index contributed by atoms with van der Waals surface area (Å²) in [6.07, 6.45) is 4.97. The molecule has 2 amide bonds. The first-order valence-corrected chi connectivity index (χ1v) is 16.0. The van der Waals surface area contributed by atoms with Crippen molar-refractivity contribution < 1.29 is 22.7 Å². The number of aryl methyl sites for hydroxylation is 1. The molecule has 3 aromatic rings. The third-order valence-electron chi connectivity index (χ3n) is 7.82. The van der Waals surface area contributed by atoms with E-state index in [2.05, 4.69) is 5.32 Å². The quantitative estimate of drug-likeness (QED) is 0.298. The van der Waals surface area contributed by atoms with Gasteiger partial charge < -0.3 is 15.0 Å². The van der Waals surface area contributed by atoms with Gasteiger partial charge in [-0.2, -0.15) is 0 Å². The SMILES string of the molecule is CC[C@@H](C(=O)NC1CCCC1)N(CCc1ccccc1)C(=O)CN(c1ccc(C)cc1)S(=O)(=O)c1ccc(OC)cc1. The van der Waals surface area contributed by atoms with Gasteiger partial charge in [0.15, 0.2) is 0 Å². The van der Waals surface area contributed by atoms with E-state index < -0.39 is 28.5 Å². The van der Waals surface area contributed by atoms with E-state index in [0.29, 0.717) is 24.3 Å². The fourth-order valence-electron chi connectivity index (χ4n) is 5.38. The van der Waals surface area contributed by atoms with Gasteiger partial charge in [0.1, 0.15) is 18.3 Å². The maximum absolute atomic E-state index is 14.2. The molecule has 0 aliphatic heterocycles. The van der Waals surface area contributed by atoms with Crippen LogP contribution in [0.1, 0.15) is 50.2 Å². The topological polar surface area (TPSA) is 96.0 Å². The Morgan fingerprint density at radius 3 is 2.19 bits per heavy atom. The van der Waals surface area contributed by atoms with Crippen molar-refractivity contribution in [2.75, 3.05) is 24.5 Å². The molecule has 224 valence electrons. The number of amides is 2. The second-order valence-corrected chi connectivity index (χ2v) is 12.6. The molecule has 3 aromatic carbocycles. The van der Waals surface area contributed by atoms with E-state index in [-0.39, 0.29) is 23.4 Å². The molecule has 1 saturated carbocycles. The summed E-state index contributed by atoms with van der Waals surface area (Å²) in [5, 5.41) is 3.14. The van der Waals surface area contributed by atoms with E-state index in [1.807, 2.05) is 56.3 Å². The number of nitrogens with one attached hydrogen (secondary N) is 1. The summed E-state index contributed by atoms with van der Waals surface area (Å²) in [5.41, 5.74) is 2.37. The number of hydrogen-bond acceptors (Lipinski definition) is 5. The maximum Gasteiger partial charge on any atom is 0.264 e. The summed E-state index contributed by atoms with van der Waals surface area (Å²) in [6, 6.07) is 22.3. The van der Waals surface area contributed by atoms with E-state index in [4.69, 9.17) is 4.74 Å². The lowest BCUT2D eigenvalue weighted by atomic mass is 10.1. The third kappa shape index (κ3) is 7.70. The van der Waals surface area contributed by atoms with Crippen LogP contribution in [0, 0.1) is 6.92 Å². The molecule has 4 rings (SSSR count). The van der Waals surface area contributed by atoms with Gasteiger partial charge in [-0.25, -0.2) is 8.42 Å². The number of sulfonamides is 1. The number of nitrogens with zero attached hydrogens (tertiary/aromatic N) is 2. The molecule has 0 bridgehead atoms. The summed E-state index contributed by atoms with van der Waals surface area (Å²) >= 11 is 0. The second kappa shape index (κ2) is 14.4. The zero-order chi connectivity index (χ0) is 30.1. The molecule has 1 aliphatic carbocycles. The Morgan fingerprint density at radius 1 is 0.952 bits per heavy atom. The first kappa shape index (κ1) is 31.1. The van der Waals surface area contributed by atoms with E-state index >= 15 is 0 Å². The maximum atomic E-state index is 14.2. The van der Waals surface area contributed by atoms with E-state index in [9.17, 15) is 18.0 Å². The van der Waals surface area contributed by atoms with Crippen LogP contribution in [-0.2, 0) is 26.0 Å². The largest absolute Gasteiger partial charge is 0.497 e. The zero-order valence-electron chi connectivity index (χ0n) is 24.7. The highest BCUT2D eigenvalue weighted by atomic mass is 32.2. The third-order valence-corrected chi connectivity index (χ3v) is 9.61. The van der Waals surface area contributed by atoms with Gasteiger partial charge in [0.2, 0.25) is 11.8 Å². The molecule has 1 fully saturated rings. The number of carbonyl (C=O) groups excluding carboxylic acids is 2. The Kier molecular flexibility index (Phi) is 10.6. The number of carbonyl (C=O) groups is 2. The summed E-state index contributed by atoms with van der Waals surface area (Å²) in [4.78, 5) is 29.3. The molecular formula is C33H41N3O5S. The van der Waals surface area contributed by atoms with Crippen molar-refractivity contribution in [2.24, 2.45) is 0 Å². The number of ether oxygens (including phenoxy) is 1. The average molecular weight is 592 g/mol. The highest BCUT2D eigenvalue weighted by molar-refractivity contribution is 7.92. The van der Waals surface area contributed by atoms with Crippen molar-refractivity contribution in [3.63, 3.8) is 0 Å². The van der Waals surface area contributed by atoms with Gasteiger partial charge in [-0.3, -0.25) is 13.9 Å². The molecule has 9 heteroatoms. The van der Waals surface area contributed by atoms with E-state index in [0.717, 1.165) is 41.1 Å². The molecule has 0 unspecified atom stereocenters. The molecule has 0 saturated heterocycles. The fourth-order valence-corrected chi connectivity index (χ4v) is 6.79. The molecule has 1 aliphatic rings. The van der Waals surface area contributed by atoms with Gasteiger partial charge in [0, 0.05) is 12.6 Å². The Morgan fingerprint density at radius 2 is 1.60 bits per heavy atom. The van der Waals surface area contributed by atoms with Crippen LogP contribution < -0.4 is 14.4 Å². The van der Waals surface area contributed by atoms with Crippen LogP contribution in [0.25, 0.3) is 0 Å². The first-order chi connectivity index (χ1) is 20.2. The number of rotatable bonds is 13. The van der Waals surface area contributed by atoms with Crippen LogP contribution in [0.5, 0.6) is 5.75 Å². The van der Waals surface area contributed by atoms with Crippen LogP contribution in [0.2, 0.25) is 0 Å². The minimum absolute atomic E-state index is 0.0403. The summed E-state index contributed by atoms with van der Waals surface area (Å²) < 4.78 is 34.3. The lowest BCUT2D eigenvalue weighted by molar-refractivity contribution is -0.139. The van der Waals surface area contributed by atoms with Gasteiger partial charge in [-0.05, 0) is 74.6 Å². The highest BCUT2D eigenvalue weighted by Crippen LogP contribution is 2.26. The number of anilines is 1. The summed E-state index contributed by atoms with van der Waals surface area (Å²) in [7, 11) is -2.62. The predicted octanol–water partition coefficient (Wildman–Crippen LogP) is 5.11. The van der Waals surface area contributed by atoms with Gasteiger partial charge in [0.05, 0.1) is 17.7 Å². The molecule has 0 aromatic heterocycles. The lowest BCUT2D eigenvalue weighted by Gasteiger charge is -2.33. The monoisotopic (exact) mass is 591 g/mol. The van der Waals surface area contributed by atoms with Crippen molar-refractivity contribution in [3.8, 4) is 5.75 Å². The smallest absolute Gasteiger partial charge is 0.264 e. The molecule has 8 nitrogen and oxygen atoms in total. The molecule has 1 atom stereocenters. The minimum atomic E-state index is -4.13. The Hall–Kier alpha value is -3.85.